The van der Waals surface area contributed by atoms with E-state index in [0.29, 0.717) is 12.1 Å². The van der Waals surface area contributed by atoms with Gasteiger partial charge >= 0.3 is 0 Å². The third-order valence-corrected chi connectivity index (χ3v) is 4.80. The number of hydrogen-bond acceptors (Lipinski definition) is 1. The van der Waals surface area contributed by atoms with Crippen molar-refractivity contribution in [1.82, 2.24) is 5.32 Å². The molecule has 2 fully saturated rings. The molecule has 0 aliphatic heterocycles. The van der Waals surface area contributed by atoms with Gasteiger partial charge in [0.15, 0.2) is 0 Å². The molecular weight excluding hydrogens is 218 g/mol. The summed E-state index contributed by atoms with van der Waals surface area (Å²) in [6, 6.07) is 12.3. The van der Waals surface area contributed by atoms with E-state index in [1.165, 1.54) is 44.1 Å². The predicted octanol–water partition coefficient (Wildman–Crippen LogP) is 4.31. The first-order valence-corrected chi connectivity index (χ1v) is 7.65. The predicted molar refractivity (Wildman–Crippen MR) is 76.5 cm³/mol. The normalized spacial score (nSPS) is 24.1. The smallest absolute Gasteiger partial charge is 0.0351 e. The van der Waals surface area contributed by atoms with E-state index in [4.69, 9.17) is 0 Å². The molecule has 2 saturated carbocycles. The van der Waals surface area contributed by atoms with Crippen molar-refractivity contribution >= 4 is 0 Å². The highest BCUT2D eigenvalue weighted by atomic mass is 15.0. The second-order valence-electron chi connectivity index (χ2n) is 6.23. The summed E-state index contributed by atoms with van der Waals surface area (Å²) in [7, 11) is 0. The van der Waals surface area contributed by atoms with Crippen LogP contribution in [0.25, 0.3) is 0 Å². The second-order valence-corrected chi connectivity index (χ2v) is 6.23. The average molecular weight is 243 g/mol. The summed E-state index contributed by atoms with van der Waals surface area (Å²) in [6.45, 7) is 2.40. The van der Waals surface area contributed by atoms with Gasteiger partial charge in [-0.25, -0.2) is 0 Å². The molecule has 0 spiro atoms. The van der Waals surface area contributed by atoms with Crippen LogP contribution in [-0.4, -0.2) is 6.04 Å². The Labute approximate surface area is 111 Å². The van der Waals surface area contributed by atoms with Crippen molar-refractivity contribution in [2.45, 2.75) is 57.5 Å². The largest absolute Gasteiger partial charge is 0.307 e. The second kappa shape index (κ2) is 5.44. The highest BCUT2D eigenvalue weighted by molar-refractivity contribution is 5.21. The van der Waals surface area contributed by atoms with Gasteiger partial charge in [-0.3, -0.25) is 0 Å². The maximum absolute atomic E-state index is 3.94. The van der Waals surface area contributed by atoms with Crippen LogP contribution in [0.5, 0.6) is 0 Å². The van der Waals surface area contributed by atoms with Crippen molar-refractivity contribution in [1.29, 1.82) is 0 Å². The number of nitrogens with one attached hydrogen (secondary N) is 1. The van der Waals surface area contributed by atoms with Crippen LogP contribution in [0.1, 0.15) is 57.1 Å². The van der Waals surface area contributed by atoms with Crippen LogP contribution in [0, 0.1) is 11.8 Å². The molecule has 1 N–H and O–H groups in total. The lowest BCUT2D eigenvalue weighted by Gasteiger charge is -2.27. The molecule has 1 nitrogen and oxygen atoms in total. The molecule has 2 aliphatic rings. The lowest BCUT2D eigenvalue weighted by atomic mass is 9.95. The number of rotatable bonds is 5. The van der Waals surface area contributed by atoms with E-state index in [1.54, 1.807) is 0 Å². The summed E-state index contributed by atoms with van der Waals surface area (Å²) in [4.78, 5) is 0. The standard InChI is InChI=1S/C17H25N/c1-13(14-7-5-6-8-14)18-17(16-11-12-16)15-9-3-2-4-10-15/h2-4,9-10,13-14,16-18H,5-8,11-12H2,1H3/t13-,17?/m0/s1. The Morgan fingerprint density at radius 2 is 1.61 bits per heavy atom. The van der Waals surface area contributed by atoms with Crippen molar-refractivity contribution in [2.24, 2.45) is 11.8 Å². The summed E-state index contributed by atoms with van der Waals surface area (Å²) in [5, 5.41) is 3.94. The van der Waals surface area contributed by atoms with Gasteiger partial charge in [-0.05, 0) is 50.0 Å². The lowest BCUT2D eigenvalue weighted by molar-refractivity contribution is 0.327. The van der Waals surface area contributed by atoms with Crippen molar-refractivity contribution in [3.63, 3.8) is 0 Å². The topological polar surface area (TPSA) is 12.0 Å². The molecule has 0 amide bonds. The van der Waals surface area contributed by atoms with Gasteiger partial charge in [-0.15, -0.1) is 0 Å². The minimum atomic E-state index is 0.599. The molecule has 1 aromatic carbocycles. The van der Waals surface area contributed by atoms with Gasteiger partial charge in [-0.2, -0.15) is 0 Å². The summed E-state index contributed by atoms with van der Waals surface area (Å²) >= 11 is 0. The highest BCUT2D eigenvalue weighted by Gasteiger charge is 2.34. The monoisotopic (exact) mass is 243 g/mol. The molecule has 1 aromatic rings. The maximum Gasteiger partial charge on any atom is 0.0351 e. The van der Waals surface area contributed by atoms with Crippen LogP contribution in [0.15, 0.2) is 30.3 Å². The zero-order chi connectivity index (χ0) is 12.4. The van der Waals surface area contributed by atoms with Crippen LogP contribution < -0.4 is 5.32 Å². The van der Waals surface area contributed by atoms with Crippen molar-refractivity contribution in [2.75, 3.05) is 0 Å². The van der Waals surface area contributed by atoms with Crippen LogP contribution in [0.2, 0.25) is 0 Å². The maximum atomic E-state index is 3.94. The fourth-order valence-corrected chi connectivity index (χ4v) is 3.47. The van der Waals surface area contributed by atoms with Gasteiger partial charge in [0.25, 0.3) is 0 Å². The molecule has 1 unspecified atom stereocenters. The van der Waals surface area contributed by atoms with Gasteiger partial charge in [0.2, 0.25) is 0 Å². The summed E-state index contributed by atoms with van der Waals surface area (Å²) < 4.78 is 0. The zero-order valence-corrected chi connectivity index (χ0v) is 11.4. The van der Waals surface area contributed by atoms with E-state index in [9.17, 15) is 0 Å². The number of hydrogen-bond donors (Lipinski definition) is 1. The Morgan fingerprint density at radius 1 is 0.944 bits per heavy atom. The van der Waals surface area contributed by atoms with Gasteiger partial charge in [0, 0.05) is 12.1 Å². The van der Waals surface area contributed by atoms with E-state index >= 15 is 0 Å². The van der Waals surface area contributed by atoms with E-state index in [2.05, 4.69) is 42.6 Å². The van der Waals surface area contributed by atoms with Crippen LogP contribution in [0.3, 0.4) is 0 Å². The van der Waals surface area contributed by atoms with E-state index < -0.39 is 0 Å². The average Bonchev–Trinajstić information content (AvgIpc) is 3.10. The zero-order valence-electron chi connectivity index (χ0n) is 11.4. The first kappa shape index (κ1) is 12.2. The summed E-state index contributed by atoms with van der Waals surface area (Å²) in [5.41, 5.74) is 1.49. The molecule has 2 atom stereocenters. The van der Waals surface area contributed by atoms with Gasteiger partial charge < -0.3 is 5.32 Å². The van der Waals surface area contributed by atoms with Gasteiger partial charge in [-0.1, -0.05) is 43.2 Å². The van der Waals surface area contributed by atoms with Crippen molar-refractivity contribution in [3.05, 3.63) is 35.9 Å². The SMILES string of the molecule is C[C@H](NC(c1ccccc1)C1CC1)C1CCCC1. The van der Waals surface area contributed by atoms with Crippen LogP contribution in [0.4, 0.5) is 0 Å². The Morgan fingerprint density at radius 3 is 2.22 bits per heavy atom. The minimum absolute atomic E-state index is 0.599. The molecule has 3 rings (SSSR count). The Bertz CT molecular complexity index is 362. The summed E-state index contributed by atoms with van der Waals surface area (Å²) in [6.07, 6.45) is 8.56. The third-order valence-electron chi connectivity index (χ3n) is 4.80. The third kappa shape index (κ3) is 2.77. The lowest BCUT2D eigenvalue weighted by Crippen LogP contribution is -2.36. The van der Waals surface area contributed by atoms with Gasteiger partial charge in [0.05, 0.1) is 0 Å². The Hall–Kier alpha value is -0.820. The molecule has 0 aromatic heterocycles. The first-order valence-electron chi connectivity index (χ1n) is 7.65. The molecule has 0 radical (unpaired) electrons. The van der Waals surface area contributed by atoms with E-state index in [-0.39, 0.29) is 0 Å². The summed E-state index contributed by atoms with van der Waals surface area (Å²) in [5.74, 6) is 1.80. The Kier molecular flexibility index (Phi) is 3.69. The Balaban J connectivity index is 1.67. The minimum Gasteiger partial charge on any atom is -0.307 e. The highest BCUT2D eigenvalue weighted by Crippen LogP contribution is 2.42. The molecule has 98 valence electrons. The van der Waals surface area contributed by atoms with Crippen LogP contribution in [-0.2, 0) is 0 Å². The van der Waals surface area contributed by atoms with Crippen molar-refractivity contribution in [3.8, 4) is 0 Å². The molecule has 0 heterocycles. The fraction of sp³-hybridized carbons (Fsp3) is 0.647. The quantitative estimate of drug-likeness (QED) is 0.812. The fourth-order valence-electron chi connectivity index (χ4n) is 3.47. The molecule has 18 heavy (non-hydrogen) atoms. The molecule has 2 aliphatic carbocycles. The van der Waals surface area contributed by atoms with E-state index in [1.807, 2.05) is 0 Å². The van der Waals surface area contributed by atoms with Crippen molar-refractivity contribution < 1.29 is 0 Å². The van der Waals surface area contributed by atoms with Crippen LogP contribution >= 0.6 is 0 Å². The molecule has 0 saturated heterocycles. The number of benzene rings is 1. The van der Waals surface area contributed by atoms with E-state index in [0.717, 1.165) is 11.8 Å². The molecule has 1 heteroatoms. The molecular formula is C17H25N. The molecule has 0 bridgehead atoms. The van der Waals surface area contributed by atoms with Gasteiger partial charge in [0.1, 0.15) is 0 Å². The first-order chi connectivity index (χ1) is 8.84.